The number of aromatic nitrogens is 1. The van der Waals surface area contributed by atoms with Gasteiger partial charge < -0.3 is 14.6 Å². The standard InChI is InChI=1S/C31H26N2O6S/c1-3-38-30(37)26-19(2)32-31-33(27(26)22-9-5-4-6-10-22)28(34)25(40-31)17-20-12-14-24(15-13-20)39-18-21-8-7-11-23(16-21)29(35)36/h4-17,27H,3,18H2,1-2H3,(H,35,36)/b25-17-/t27-/m1/s1. The number of benzene rings is 3. The Kier molecular flexibility index (Phi) is 7.75. The molecule has 0 spiro atoms. The Balaban J connectivity index is 1.45. The number of allylic oxidation sites excluding steroid dienone is 1. The van der Waals surface area contributed by atoms with Crippen LogP contribution in [0.1, 0.15) is 46.9 Å². The van der Waals surface area contributed by atoms with Gasteiger partial charge in [0.25, 0.3) is 5.56 Å². The van der Waals surface area contributed by atoms with Crippen LogP contribution in [0, 0.1) is 0 Å². The molecule has 0 saturated carbocycles. The van der Waals surface area contributed by atoms with Crippen LogP contribution in [0.4, 0.5) is 0 Å². The zero-order valence-electron chi connectivity index (χ0n) is 21.9. The second-order valence-electron chi connectivity index (χ2n) is 9.08. The van der Waals surface area contributed by atoms with Crippen LogP contribution in [0.25, 0.3) is 6.08 Å². The number of aromatic carboxylic acids is 1. The molecule has 1 aliphatic heterocycles. The highest BCUT2D eigenvalue weighted by atomic mass is 32.1. The molecular weight excluding hydrogens is 528 g/mol. The van der Waals surface area contributed by atoms with Crippen molar-refractivity contribution in [1.29, 1.82) is 0 Å². The molecule has 1 N–H and O–H groups in total. The third kappa shape index (κ3) is 5.50. The molecule has 1 atom stereocenters. The van der Waals surface area contributed by atoms with Gasteiger partial charge in [-0.3, -0.25) is 9.36 Å². The quantitative estimate of drug-likeness (QED) is 0.329. The van der Waals surface area contributed by atoms with E-state index in [-0.39, 0.29) is 24.3 Å². The SMILES string of the molecule is CCOC(=O)C1=C(C)N=c2s/c(=C\c3ccc(OCc4cccc(C(=O)O)c4)cc3)c(=O)n2[C@@H]1c1ccccc1. The Labute approximate surface area is 233 Å². The summed E-state index contributed by atoms with van der Waals surface area (Å²) >= 11 is 1.26. The average molecular weight is 555 g/mol. The van der Waals surface area contributed by atoms with Crippen LogP contribution in [0.3, 0.4) is 0 Å². The summed E-state index contributed by atoms with van der Waals surface area (Å²) in [6.07, 6.45) is 1.79. The summed E-state index contributed by atoms with van der Waals surface area (Å²) in [6.45, 7) is 3.94. The number of ether oxygens (including phenoxy) is 2. The number of hydrogen-bond donors (Lipinski definition) is 1. The molecule has 0 radical (unpaired) electrons. The first-order chi connectivity index (χ1) is 19.4. The summed E-state index contributed by atoms with van der Waals surface area (Å²) < 4.78 is 13.2. The first kappa shape index (κ1) is 26.8. The van der Waals surface area contributed by atoms with E-state index >= 15 is 0 Å². The van der Waals surface area contributed by atoms with E-state index in [4.69, 9.17) is 14.6 Å². The van der Waals surface area contributed by atoms with Gasteiger partial charge in [0.1, 0.15) is 12.4 Å². The number of nitrogens with zero attached hydrogens (tertiary/aromatic N) is 2. The Hall–Kier alpha value is -4.76. The number of fused-ring (bicyclic) bond motifs is 1. The Morgan fingerprint density at radius 1 is 1.05 bits per heavy atom. The highest BCUT2D eigenvalue weighted by molar-refractivity contribution is 7.07. The molecule has 1 aliphatic rings. The second kappa shape index (κ2) is 11.5. The minimum atomic E-state index is -0.987. The molecule has 0 unspecified atom stereocenters. The van der Waals surface area contributed by atoms with E-state index < -0.39 is 18.0 Å². The van der Waals surface area contributed by atoms with Gasteiger partial charge in [-0.2, -0.15) is 0 Å². The van der Waals surface area contributed by atoms with Crippen LogP contribution in [0.2, 0.25) is 0 Å². The van der Waals surface area contributed by atoms with Crippen LogP contribution < -0.4 is 19.6 Å². The predicted octanol–water partition coefficient (Wildman–Crippen LogP) is 4.08. The van der Waals surface area contributed by atoms with Crippen molar-refractivity contribution in [3.8, 4) is 5.75 Å². The van der Waals surface area contributed by atoms with E-state index in [0.717, 1.165) is 16.7 Å². The minimum absolute atomic E-state index is 0.206. The lowest BCUT2D eigenvalue weighted by Gasteiger charge is -2.24. The fourth-order valence-electron chi connectivity index (χ4n) is 4.51. The van der Waals surface area contributed by atoms with Crippen LogP contribution in [-0.4, -0.2) is 28.2 Å². The number of hydrogen-bond acceptors (Lipinski definition) is 7. The van der Waals surface area contributed by atoms with Gasteiger partial charge in [0.05, 0.1) is 34.0 Å². The zero-order chi connectivity index (χ0) is 28.2. The zero-order valence-corrected chi connectivity index (χ0v) is 22.7. The molecule has 8 nitrogen and oxygen atoms in total. The summed E-state index contributed by atoms with van der Waals surface area (Å²) in [5, 5.41) is 9.17. The fraction of sp³-hybridized carbons (Fsp3) is 0.161. The lowest BCUT2D eigenvalue weighted by molar-refractivity contribution is -0.139. The molecule has 0 amide bonds. The maximum atomic E-state index is 13.7. The van der Waals surface area contributed by atoms with Gasteiger partial charge in [0.2, 0.25) is 0 Å². The molecule has 2 heterocycles. The molecule has 9 heteroatoms. The third-order valence-corrected chi connectivity index (χ3v) is 7.37. The molecule has 0 aliphatic carbocycles. The topological polar surface area (TPSA) is 107 Å². The van der Waals surface area contributed by atoms with Gasteiger partial charge in [0.15, 0.2) is 4.80 Å². The van der Waals surface area contributed by atoms with E-state index in [1.807, 2.05) is 42.5 Å². The molecule has 3 aromatic carbocycles. The van der Waals surface area contributed by atoms with Crippen molar-refractivity contribution in [2.75, 3.05) is 6.61 Å². The van der Waals surface area contributed by atoms with E-state index in [1.165, 1.54) is 17.4 Å². The molecule has 0 fully saturated rings. The number of carboxylic acids is 1. The highest BCUT2D eigenvalue weighted by Gasteiger charge is 2.33. The lowest BCUT2D eigenvalue weighted by atomic mass is 9.96. The normalized spacial score (nSPS) is 14.8. The van der Waals surface area contributed by atoms with Crippen LogP contribution >= 0.6 is 11.3 Å². The maximum Gasteiger partial charge on any atom is 0.338 e. The molecule has 5 rings (SSSR count). The molecule has 4 aromatic rings. The number of carbonyl (C=O) groups is 2. The smallest absolute Gasteiger partial charge is 0.338 e. The fourth-order valence-corrected chi connectivity index (χ4v) is 5.56. The van der Waals surface area contributed by atoms with E-state index in [0.29, 0.717) is 26.4 Å². The summed E-state index contributed by atoms with van der Waals surface area (Å²) in [4.78, 5) is 42.9. The highest BCUT2D eigenvalue weighted by Crippen LogP contribution is 2.30. The van der Waals surface area contributed by atoms with Gasteiger partial charge >= 0.3 is 11.9 Å². The monoisotopic (exact) mass is 554 g/mol. The Bertz CT molecular complexity index is 1790. The average Bonchev–Trinajstić information content (AvgIpc) is 3.26. The molecule has 1 aromatic heterocycles. The second-order valence-corrected chi connectivity index (χ2v) is 10.1. The van der Waals surface area contributed by atoms with Crippen LogP contribution in [0.15, 0.2) is 99.9 Å². The van der Waals surface area contributed by atoms with Crippen molar-refractivity contribution >= 4 is 29.4 Å². The van der Waals surface area contributed by atoms with Gasteiger partial charge in [-0.25, -0.2) is 14.6 Å². The van der Waals surface area contributed by atoms with Crippen molar-refractivity contribution in [2.45, 2.75) is 26.5 Å². The molecule has 0 bridgehead atoms. The number of carbonyl (C=O) groups excluding carboxylic acids is 1. The largest absolute Gasteiger partial charge is 0.489 e. The Morgan fingerprint density at radius 3 is 2.50 bits per heavy atom. The van der Waals surface area contributed by atoms with E-state index in [1.54, 1.807) is 54.8 Å². The number of thiazole rings is 1. The summed E-state index contributed by atoms with van der Waals surface area (Å²) in [5.41, 5.74) is 3.17. The molecule has 0 saturated heterocycles. The molecule has 40 heavy (non-hydrogen) atoms. The van der Waals surface area contributed by atoms with Crippen molar-refractivity contribution in [2.24, 2.45) is 4.99 Å². The number of esters is 1. The van der Waals surface area contributed by atoms with E-state index in [2.05, 4.69) is 4.99 Å². The summed E-state index contributed by atoms with van der Waals surface area (Å²) in [5.74, 6) is -0.867. The summed E-state index contributed by atoms with van der Waals surface area (Å²) in [6, 6.07) is 22.6. The Morgan fingerprint density at radius 2 is 1.80 bits per heavy atom. The van der Waals surface area contributed by atoms with Crippen LogP contribution in [-0.2, 0) is 16.1 Å². The van der Waals surface area contributed by atoms with Crippen molar-refractivity contribution in [3.05, 3.63) is 132 Å². The minimum Gasteiger partial charge on any atom is -0.489 e. The van der Waals surface area contributed by atoms with Crippen molar-refractivity contribution in [1.82, 2.24) is 4.57 Å². The first-order valence-electron chi connectivity index (χ1n) is 12.7. The first-order valence-corrected chi connectivity index (χ1v) is 13.5. The number of rotatable bonds is 8. The van der Waals surface area contributed by atoms with Gasteiger partial charge in [0, 0.05) is 0 Å². The molecule has 202 valence electrons. The maximum absolute atomic E-state index is 13.7. The van der Waals surface area contributed by atoms with Crippen molar-refractivity contribution < 1.29 is 24.2 Å². The number of carboxylic acid groups (broad SMARTS) is 1. The van der Waals surface area contributed by atoms with Crippen molar-refractivity contribution in [3.63, 3.8) is 0 Å². The van der Waals surface area contributed by atoms with Crippen LogP contribution in [0.5, 0.6) is 5.75 Å². The van der Waals surface area contributed by atoms with Gasteiger partial charge in [-0.05, 0) is 60.9 Å². The van der Waals surface area contributed by atoms with Gasteiger partial charge in [-0.15, -0.1) is 0 Å². The van der Waals surface area contributed by atoms with Gasteiger partial charge in [-0.1, -0.05) is 65.9 Å². The third-order valence-electron chi connectivity index (χ3n) is 6.39. The summed E-state index contributed by atoms with van der Waals surface area (Å²) in [7, 11) is 0. The molecular formula is C31H26N2O6S. The lowest BCUT2D eigenvalue weighted by Crippen LogP contribution is -2.39. The van der Waals surface area contributed by atoms with E-state index in [9.17, 15) is 14.4 Å². The predicted molar refractivity (Wildman–Crippen MR) is 151 cm³/mol.